The van der Waals surface area contributed by atoms with Crippen molar-refractivity contribution in [2.24, 2.45) is 11.2 Å². The SMILES string of the molecule is CC(C)CO[C@H]1O[C@H](CO)[C@H](O)[C@](O)(NC(=O)N(CCCl)N=O)[C@H]1O. The lowest BCUT2D eigenvalue weighted by atomic mass is 9.92. The number of hydrogen-bond donors (Lipinski definition) is 5. The molecular formula is C13H24ClN3O8. The fourth-order valence-corrected chi connectivity index (χ4v) is 2.35. The lowest BCUT2D eigenvalue weighted by Gasteiger charge is -2.47. The molecule has 25 heavy (non-hydrogen) atoms. The van der Waals surface area contributed by atoms with Crippen LogP contribution in [-0.2, 0) is 9.47 Å². The zero-order valence-corrected chi connectivity index (χ0v) is 14.7. The third-order valence-electron chi connectivity index (χ3n) is 3.53. The number of nitroso groups, excluding NO2 is 1. The van der Waals surface area contributed by atoms with E-state index in [-0.39, 0.29) is 24.9 Å². The van der Waals surface area contributed by atoms with Gasteiger partial charge in [0.1, 0.15) is 12.2 Å². The van der Waals surface area contributed by atoms with Gasteiger partial charge in [0, 0.05) is 5.88 Å². The molecule has 1 fully saturated rings. The molecule has 1 rings (SSSR count). The van der Waals surface area contributed by atoms with E-state index in [1.165, 1.54) is 0 Å². The Morgan fingerprint density at radius 3 is 2.56 bits per heavy atom. The molecule has 0 aliphatic carbocycles. The number of rotatable bonds is 8. The highest BCUT2D eigenvalue weighted by atomic mass is 35.5. The lowest BCUT2D eigenvalue weighted by Crippen LogP contribution is -2.75. The Morgan fingerprint density at radius 2 is 2.08 bits per heavy atom. The normalized spacial score (nSPS) is 32.5. The number of halogens is 1. The molecule has 12 heteroatoms. The standard InChI is InChI=1S/C13H24ClN3O8/c1-7(2)6-24-11-10(20)13(22,9(19)8(5-18)25-11)15-12(21)17(16-23)4-3-14/h7-11,18-20,22H,3-6H2,1-2H3,(H,15,21)/t8-,9+,10+,11+,13-/m1/s1. The number of carbonyl (C=O) groups is 1. The van der Waals surface area contributed by atoms with Gasteiger partial charge in [-0.3, -0.25) is 0 Å². The Kier molecular flexibility index (Phi) is 8.41. The Bertz CT molecular complexity index is 457. The molecule has 11 nitrogen and oxygen atoms in total. The van der Waals surface area contributed by atoms with E-state index in [1.807, 2.05) is 19.2 Å². The smallest absolute Gasteiger partial charge is 0.342 e. The van der Waals surface area contributed by atoms with E-state index in [4.69, 9.17) is 21.1 Å². The largest absolute Gasteiger partial charge is 0.394 e. The van der Waals surface area contributed by atoms with Crippen LogP contribution >= 0.6 is 11.6 Å². The summed E-state index contributed by atoms with van der Waals surface area (Å²) >= 11 is 5.44. The van der Waals surface area contributed by atoms with Gasteiger partial charge in [-0.2, -0.15) is 5.01 Å². The van der Waals surface area contributed by atoms with Gasteiger partial charge in [0.25, 0.3) is 0 Å². The van der Waals surface area contributed by atoms with Crippen LogP contribution in [0.25, 0.3) is 0 Å². The number of hydrogen-bond acceptors (Lipinski definition) is 9. The van der Waals surface area contributed by atoms with Crippen molar-refractivity contribution in [3.63, 3.8) is 0 Å². The topological polar surface area (TPSA) is 161 Å². The molecule has 0 radical (unpaired) electrons. The van der Waals surface area contributed by atoms with E-state index < -0.39 is 43.0 Å². The number of nitrogens with zero attached hydrogens (tertiary/aromatic N) is 2. The number of ether oxygens (including phenoxy) is 2. The van der Waals surface area contributed by atoms with Crippen molar-refractivity contribution in [2.75, 3.05) is 25.6 Å². The number of alkyl halides is 1. The Balaban J connectivity index is 2.99. The van der Waals surface area contributed by atoms with Crippen molar-refractivity contribution in [1.82, 2.24) is 10.3 Å². The quantitative estimate of drug-likeness (QED) is 0.149. The first-order chi connectivity index (χ1) is 11.7. The second kappa shape index (κ2) is 9.57. The number of nitrogens with one attached hydrogen (secondary N) is 1. The second-order valence-electron chi connectivity index (χ2n) is 5.99. The number of aliphatic hydroxyl groups excluding tert-OH is 3. The minimum Gasteiger partial charge on any atom is -0.394 e. The number of carbonyl (C=O) groups excluding carboxylic acids is 1. The van der Waals surface area contributed by atoms with Crippen LogP contribution in [0.2, 0.25) is 0 Å². The molecule has 5 atom stereocenters. The van der Waals surface area contributed by atoms with Gasteiger partial charge < -0.3 is 35.2 Å². The van der Waals surface area contributed by atoms with E-state index in [0.29, 0.717) is 5.01 Å². The van der Waals surface area contributed by atoms with Crippen molar-refractivity contribution >= 4 is 17.6 Å². The van der Waals surface area contributed by atoms with Crippen molar-refractivity contribution in [3.8, 4) is 0 Å². The molecular weight excluding hydrogens is 362 g/mol. The Labute approximate surface area is 149 Å². The van der Waals surface area contributed by atoms with Gasteiger partial charge in [-0.25, -0.2) is 4.79 Å². The summed E-state index contributed by atoms with van der Waals surface area (Å²) in [4.78, 5) is 22.7. The summed E-state index contributed by atoms with van der Waals surface area (Å²) in [6.07, 6.45) is -6.59. The van der Waals surface area contributed by atoms with Crippen molar-refractivity contribution < 1.29 is 34.7 Å². The molecule has 1 saturated heterocycles. The minimum absolute atomic E-state index is 0.0661. The predicted molar refractivity (Wildman–Crippen MR) is 85.3 cm³/mol. The van der Waals surface area contributed by atoms with E-state index in [9.17, 15) is 30.1 Å². The van der Waals surface area contributed by atoms with Crippen LogP contribution in [-0.4, -0.2) is 87.4 Å². The summed E-state index contributed by atoms with van der Waals surface area (Å²) in [5.41, 5.74) is -2.65. The summed E-state index contributed by atoms with van der Waals surface area (Å²) in [6.45, 7) is 2.84. The van der Waals surface area contributed by atoms with Gasteiger partial charge in [0.15, 0.2) is 18.1 Å². The Morgan fingerprint density at radius 1 is 1.44 bits per heavy atom. The average molecular weight is 386 g/mol. The molecule has 0 aromatic carbocycles. The molecule has 0 bridgehead atoms. The fraction of sp³-hybridized carbons (Fsp3) is 0.923. The van der Waals surface area contributed by atoms with Gasteiger partial charge >= 0.3 is 6.03 Å². The summed E-state index contributed by atoms with van der Waals surface area (Å²) in [7, 11) is 0. The third-order valence-corrected chi connectivity index (χ3v) is 3.70. The highest BCUT2D eigenvalue weighted by molar-refractivity contribution is 6.18. The summed E-state index contributed by atoms with van der Waals surface area (Å²) in [5.74, 6) is -0.0399. The van der Waals surface area contributed by atoms with Crippen molar-refractivity contribution in [1.29, 1.82) is 0 Å². The molecule has 0 saturated carbocycles. The molecule has 0 aromatic rings. The maximum absolute atomic E-state index is 12.0. The average Bonchev–Trinajstić information content (AvgIpc) is 2.57. The summed E-state index contributed by atoms with van der Waals surface area (Å²) in [5, 5.41) is 45.2. The summed E-state index contributed by atoms with van der Waals surface area (Å²) in [6, 6.07) is -1.20. The molecule has 1 aliphatic rings. The molecule has 146 valence electrons. The van der Waals surface area contributed by atoms with Crippen LogP contribution in [0.3, 0.4) is 0 Å². The monoisotopic (exact) mass is 385 g/mol. The molecule has 5 N–H and O–H groups in total. The van der Waals surface area contributed by atoms with Crippen molar-refractivity contribution in [3.05, 3.63) is 4.91 Å². The lowest BCUT2D eigenvalue weighted by molar-refractivity contribution is -0.338. The van der Waals surface area contributed by atoms with Gasteiger partial charge in [-0.15, -0.1) is 16.5 Å². The molecule has 0 aromatic heterocycles. The molecule has 1 aliphatic heterocycles. The van der Waals surface area contributed by atoms with Crippen LogP contribution in [0.4, 0.5) is 4.79 Å². The van der Waals surface area contributed by atoms with Crippen LogP contribution in [0.5, 0.6) is 0 Å². The molecule has 0 spiro atoms. The number of urea groups is 1. The first kappa shape index (κ1) is 22.0. The molecule has 2 amide bonds. The zero-order valence-electron chi connectivity index (χ0n) is 13.9. The maximum atomic E-state index is 12.0. The van der Waals surface area contributed by atoms with Gasteiger partial charge in [-0.1, -0.05) is 13.8 Å². The van der Waals surface area contributed by atoms with Crippen LogP contribution in [0.1, 0.15) is 13.8 Å². The van der Waals surface area contributed by atoms with Crippen LogP contribution in [0, 0.1) is 10.8 Å². The van der Waals surface area contributed by atoms with E-state index in [0.717, 1.165) is 0 Å². The highest BCUT2D eigenvalue weighted by Gasteiger charge is 2.57. The fourth-order valence-electron chi connectivity index (χ4n) is 2.19. The zero-order chi connectivity index (χ0) is 19.2. The van der Waals surface area contributed by atoms with E-state index in [2.05, 4.69) is 5.29 Å². The van der Waals surface area contributed by atoms with E-state index in [1.54, 1.807) is 0 Å². The molecule has 1 heterocycles. The van der Waals surface area contributed by atoms with Crippen molar-refractivity contribution in [2.45, 2.75) is 44.2 Å². The second-order valence-corrected chi connectivity index (χ2v) is 6.37. The predicted octanol–water partition coefficient (Wildman–Crippen LogP) is -1.28. The third kappa shape index (κ3) is 5.20. The molecule has 0 unspecified atom stereocenters. The van der Waals surface area contributed by atoms with Crippen LogP contribution in [0.15, 0.2) is 5.29 Å². The maximum Gasteiger partial charge on any atom is 0.342 e. The summed E-state index contributed by atoms with van der Waals surface area (Å²) < 4.78 is 10.5. The minimum atomic E-state index is -2.65. The Hall–Kier alpha value is -1.08. The van der Waals surface area contributed by atoms with Gasteiger partial charge in [0.05, 0.1) is 25.0 Å². The van der Waals surface area contributed by atoms with Gasteiger partial charge in [-0.05, 0) is 5.92 Å². The first-order valence-electron chi connectivity index (χ1n) is 7.66. The number of aliphatic hydroxyl groups is 4. The number of amides is 2. The van der Waals surface area contributed by atoms with Crippen LogP contribution < -0.4 is 5.32 Å². The highest BCUT2D eigenvalue weighted by Crippen LogP contribution is 2.29. The van der Waals surface area contributed by atoms with Gasteiger partial charge in [0.2, 0.25) is 0 Å². The first-order valence-corrected chi connectivity index (χ1v) is 8.20. The van der Waals surface area contributed by atoms with E-state index >= 15 is 0 Å².